The Bertz CT molecular complexity index is 874. The Labute approximate surface area is 139 Å². The zero-order valence-electron chi connectivity index (χ0n) is 12.1. The molecule has 4 rings (SSSR count). The van der Waals surface area contributed by atoms with E-state index in [0.29, 0.717) is 0 Å². The van der Waals surface area contributed by atoms with Gasteiger partial charge in [0, 0.05) is 4.47 Å². The fourth-order valence-electron chi connectivity index (χ4n) is 3.12. The number of benzene rings is 3. The third-order valence-electron chi connectivity index (χ3n) is 4.17. The quantitative estimate of drug-likeness (QED) is 0.491. The predicted molar refractivity (Wildman–Crippen MR) is 97.6 cm³/mol. The van der Waals surface area contributed by atoms with Gasteiger partial charge in [-0.05, 0) is 51.9 Å². The normalized spacial score (nSPS) is 12.9. The van der Waals surface area contributed by atoms with Gasteiger partial charge in [0.2, 0.25) is 0 Å². The lowest BCUT2D eigenvalue weighted by Gasteiger charge is -2.09. The largest absolute Gasteiger partial charge is 0.0619 e. The highest BCUT2D eigenvalue weighted by molar-refractivity contribution is 9.10. The van der Waals surface area contributed by atoms with Crippen molar-refractivity contribution in [2.24, 2.45) is 0 Å². The van der Waals surface area contributed by atoms with E-state index >= 15 is 0 Å². The molecule has 0 N–H and O–H groups in total. The summed E-state index contributed by atoms with van der Waals surface area (Å²) in [4.78, 5) is 0. The minimum Gasteiger partial charge on any atom is -0.0619 e. The second-order valence-electron chi connectivity index (χ2n) is 5.60. The molecule has 1 heteroatoms. The third-order valence-corrected chi connectivity index (χ3v) is 4.67. The van der Waals surface area contributed by atoms with Crippen LogP contribution in [-0.2, 0) is 6.42 Å². The van der Waals surface area contributed by atoms with Crippen molar-refractivity contribution >= 4 is 27.6 Å². The van der Waals surface area contributed by atoms with E-state index in [-0.39, 0.29) is 0 Å². The van der Waals surface area contributed by atoms with Crippen LogP contribution in [0.25, 0.3) is 22.8 Å². The van der Waals surface area contributed by atoms with Crippen molar-refractivity contribution in [3.63, 3.8) is 0 Å². The monoisotopic (exact) mass is 346 g/mol. The lowest BCUT2D eigenvalue weighted by molar-refractivity contribution is 1.30. The van der Waals surface area contributed by atoms with Gasteiger partial charge in [-0.25, -0.2) is 0 Å². The van der Waals surface area contributed by atoms with Gasteiger partial charge in [0.15, 0.2) is 0 Å². The second-order valence-corrected chi connectivity index (χ2v) is 6.52. The van der Waals surface area contributed by atoms with E-state index in [1.807, 2.05) is 0 Å². The summed E-state index contributed by atoms with van der Waals surface area (Å²) in [6.45, 7) is 0. The summed E-state index contributed by atoms with van der Waals surface area (Å²) in [5.74, 6) is 0. The number of allylic oxidation sites excluding steroid dienone is 1. The maximum atomic E-state index is 3.58. The zero-order valence-corrected chi connectivity index (χ0v) is 13.7. The Morgan fingerprint density at radius 2 is 1.50 bits per heavy atom. The maximum absolute atomic E-state index is 3.58. The number of hydrogen-bond acceptors (Lipinski definition) is 0. The first-order valence-corrected chi connectivity index (χ1v) is 8.24. The molecule has 0 radical (unpaired) electrons. The first-order chi connectivity index (χ1) is 10.8. The molecule has 0 unspecified atom stereocenters. The van der Waals surface area contributed by atoms with Gasteiger partial charge in [-0.3, -0.25) is 0 Å². The molecule has 0 saturated heterocycles. The van der Waals surface area contributed by atoms with Crippen LogP contribution in [0.4, 0.5) is 0 Å². The fraction of sp³-hybridized carbons (Fsp3) is 0.0476. The molecule has 1 aliphatic carbocycles. The molecule has 106 valence electrons. The molecule has 0 fully saturated rings. The van der Waals surface area contributed by atoms with Crippen molar-refractivity contribution in [1.82, 2.24) is 0 Å². The van der Waals surface area contributed by atoms with Crippen molar-refractivity contribution in [2.75, 3.05) is 0 Å². The van der Waals surface area contributed by atoms with Crippen LogP contribution < -0.4 is 0 Å². The molecule has 0 nitrogen and oxygen atoms in total. The van der Waals surface area contributed by atoms with Crippen molar-refractivity contribution < 1.29 is 0 Å². The van der Waals surface area contributed by atoms with E-state index in [1.54, 1.807) is 0 Å². The molecule has 3 aromatic carbocycles. The molecule has 1 aliphatic rings. The van der Waals surface area contributed by atoms with E-state index in [2.05, 4.69) is 94.8 Å². The van der Waals surface area contributed by atoms with Gasteiger partial charge >= 0.3 is 0 Å². The highest BCUT2D eigenvalue weighted by Crippen LogP contribution is 2.36. The lowest BCUT2D eigenvalue weighted by atomic mass is 9.95. The number of fused-ring (bicyclic) bond motifs is 3. The van der Waals surface area contributed by atoms with Gasteiger partial charge in [-0.1, -0.05) is 82.7 Å². The van der Waals surface area contributed by atoms with Gasteiger partial charge in [-0.15, -0.1) is 0 Å². The van der Waals surface area contributed by atoms with Crippen LogP contribution >= 0.6 is 15.9 Å². The Balaban J connectivity index is 1.95. The third kappa shape index (κ3) is 2.42. The minimum absolute atomic E-state index is 0.960. The lowest BCUT2D eigenvalue weighted by Crippen LogP contribution is -1.91. The van der Waals surface area contributed by atoms with Crippen LogP contribution in [0.1, 0.15) is 16.7 Å². The van der Waals surface area contributed by atoms with Gasteiger partial charge in [0.1, 0.15) is 0 Å². The molecule has 0 heterocycles. The summed E-state index contributed by atoms with van der Waals surface area (Å²) in [5, 5.41) is 0. The molecule has 0 atom stereocenters. The van der Waals surface area contributed by atoms with Gasteiger partial charge in [-0.2, -0.15) is 0 Å². The van der Waals surface area contributed by atoms with Gasteiger partial charge in [0.05, 0.1) is 0 Å². The van der Waals surface area contributed by atoms with Crippen molar-refractivity contribution in [1.29, 1.82) is 0 Å². The standard InChI is InChI=1S/C21H15Br/c22-19-9-5-8-15(14-19)18-12-16-6-1-3-10-20(16)21-11-4-2-7-17(21)13-18/h1-12,14H,13H2. The van der Waals surface area contributed by atoms with Crippen molar-refractivity contribution in [2.45, 2.75) is 6.42 Å². The summed E-state index contributed by atoms with van der Waals surface area (Å²) >= 11 is 3.58. The van der Waals surface area contributed by atoms with Crippen molar-refractivity contribution in [3.05, 3.63) is 94.0 Å². The summed E-state index contributed by atoms with van der Waals surface area (Å²) in [6, 6.07) is 25.9. The molecule has 3 aromatic rings. The van der Waals surface area contributed by atoms with Crippen LogP contribution in [0, 0.1) is 0 Å². The Morgan fingerprint density at radius 3 is 2.36 bits per heavy atom. The zero-order chi connectivity index (χ0) is 14.9. The molecule has 0 aliphatic heterocycles. The summed E-state index contributed by atoms with van der Waals surface area (Å²) < 4.78 is 1.12. The maximum Gasteiger partial charge on any atom is 0.0181 e. The average molecular weight is 347 g/mol. The smallest absolute Gasteiger partial charge is 0.0181 e. The molecule has 0 spiro atoms. The first-order valence-electron chi connectivity index (χ1n) is 7.45. The topological polar surface area (TPSA) is 0 Å². The van der Waals surface area contributed by atoms with Crippen LogP contribution in [-0.4, -0.2) is 0 Å². The highest BCUT2D eigenvalue weighted by atomic mass is 79.9. The number of halogens is 1. The van der Waals surface area contributed by atoms with E-state index in [1.165, 1.54) is 33.4 Å². The van der Waals surface area contributed by atoms with Gasteiger partial charge in [0.25, 0.3) is 0 Å². The SMILES string of the molecule is Brc1cccc(C2=Cc3ccccc3-c3ccccc3C2)c1. The molecule has 0 amide bonds. The average Bonchev–Trinajstić information content (AvgIpc) is 2.72. The van der Waals surface area contributed by atoms with Gasteiger partial charge < -0.3 is 0 Å². The Morgan fingerprint density at radius 1 is 0.727 bits per heavy atom. The molecule has 0 bridgehead atoms. The number of rotatable bonds is 1. The Hall–Kier alpha value is -2.12. The van der Waals surface area contributed by atoms with E-state index < -0.39 is 0 Å². The number of hydrogen-bond donors (Lipinski definition) is 0. The van der Waals surface area contributed by atoms with Crippen LogP contribution in [0.2, 0.25) is 0 Å². The molecular formula is C21H15Br. The highest BCUT2D eigenvalue weighted by Gasteiger charge is 2.15. The van der Waals surface area contributed by atoms with Crippen LogP contribution in [0.5, 0.6) is 0 Å². The van der Waals surface area contributed by atoms with Crippen molar-refractivity contribution in [3.8, 4) is 11.1 Å². The van der Waals surface area contributed by atoms with Crippen LogP contribution in [0.3, 0.4) is 0 Å². The molecule has 22 heavy (non-hydrogen) atoms. The molecule has 0 saturated carbocycles. The van der Waals surface area contributed by atoms with E-state index in [4.69, 9.17) is 0 Å². The Kier molecular flexibility index (Phi) is 3.44. The fourth-order valence-corrected chi connectivity index (χ4v) is 3.52. The summed E-state index contributed by atoms with van der Waals surface area (Å²) in [7, 11) is 0. The molecular weight excluding hydrogens is 332 g/mol. The predicted octanol–water partition coefficient (Wildman–Crippen LogP) is 6.21. The van der Waals surface area contributed by atoms with Crippen LogP contribution in [0.15, 0.2) is 77.3 Å². The second kappa shape index (κ2) is 5.58. The summed E-state index contributed by atoms with van der Waals surface area (Å²) in [6.07, 6.45) is 3.29. The van der Waals surface area contributed by atoms with E-state index in [0.717, 1.165) is 10.9 Å². The van der Waals surface area contributed by atoms with E-state index in [9.17, 15) is 0 Å². The minimum atomic E-state index is 0.960. The summed E-state index contributed by atoms with van der Waals surface area (Å²) in [5.41, 5.74) is 7.99. The first kappa shape index (κ1) is 13.5. The molecule has 0 aromatic heterocycles.